The van der Waals surface area contributed by atoms with Crippen molar-refractivity contribution in [3.8, 4) is 0 Å². The predicted octanol–water partition coefficient (Wildman–Crippen LogP) is 3.18. The quantitative estimate of drug-likeness (QED) is 0.805. The minimum atomic E-state index is 0.254. The molecule has 1 saturated heterocycles. The molecular weight excluding hydrogens is 248 g/mol. The van der Waals surface area contributed by atoms with Crippen molar-refractivity contribution in [2.45, 2.75) is 76.9 Å². The lowest BCUT2D eigenvalue weighted by Gasteiger charge is -2.43. The van der Waals surface area contributed by atoms with E-state index in [1.54, 1.807) is 0 Å². The summed E-state index contributed by atoms with van der Waals surface area (Å²) in [4.78, 5) is 2.68. The van der Waals surface area contributed by atoms with Gasteiger partial charge in [0.25, 0.3) is 0 Å². The SMILES string of the molecule is CCCC1CCCC(CN)(N2CCCOC(C)C2)CC1. The van der Waals surface area contributed by atoms with E-state index in [0.717, 1.165) is 32.0 Å². The lowest BCUT2D eigenvalue weighted by molar-refractivity contribution is 0.0307. The molecule has 3 atom stereocenters. The highest BCUT2D eigenvalue weighted by Gasteiger charge is 2.38. The van der Waals surface area contributed by atoms with Crippen molar-refractivity contribution < 1.29 is 4.74 Å². The van der Waals surface area contributed by atoms with Gasteiger partial charge in [0.15, 0.2) is 0 Å². The van der Waals surface area contributed by atoms with Crippen LogP contribution in [0, 0.1) is 5.92 Å². The lowest BCUT2D eigenvalue weighted by atomic mass is 9.86. The van der Waals surface area contributed by atoms with Crippen LogP contribution < -0.4 is 5.73 Å². The normalized spacial score (nSPS) is 37.4. The topological polar surface area (TPSA) is 38.5 Å². The third-order valence-corrected chi connectivity index (χ3v) is 5.47. The Hall–Kier alpha value is -0.120. The zero-order valence-corrected chi connectivity index (χ0v) is 13.6. The first-order valence-electron chi connectivity index (χ1n) is 8.77. The Kier molecular flexibility index (Phi) is 6.31. The molecule has 3 unspecified atom stereocenters. The minimum absolute atomic E-state index is 0.254. The van der Waals surface area contributed by atoms with Crippen LogP contribution in [0.15, 0.2) is 0 Å². The second kappa shape index (κ2) is 7.77. The number of nitrogens with zero attached hydrogens (tertiary/aromatic N) is 1. The van der Waals surface area contributed by atoms with Crippen molar-refractivity contribution in [1.82, 2.24) is 4.90 Å². The second-order valence-electron chi connectivity index (χ2n) is 7.00. The summed E-state index contributed by atoms with van der Waals surface area (Å²) >= 11 is 0. The first kappa shape index (κ1) is 16.3. The predicted molar refractivity (Wildman–Crippen MR) is 84.9 cm³/mol. The first-order valence-corrected chi connectivity index (χ1v) is 8.77. The van der Waals surface area contributed by atoms with Crippen LogP contribution in [-0.2, 0) is 4.74 Å². The Bertz CT molecular complexity index is 284. The fraction of sp³-hybridized carbons (Fsp3) is 1.00. The molecule has 1 aliphatic heterocycles. The summed E-state index contributed by atoms with van der Waals surface area (Å²) in [6.45, 7) is 8.49. The molecule has 0 radical (unpaired) electrons. The standard InChI is InChI=1S/C17H34N2O/c1-3-6-16-7-4-9-17(14-18,10-8-16)19-11-5-12-20-15(2)13-19/h15-16H,3-14,18H2,1-2H3. The van der Waals surface area contributed by atoms with Crippen LogP contribution in [0.2, 0.25) is 0 Å². The number of hydrogen-bond donors (Lipinski definition) is 1. The largest absolute Gasteiger partial charge is 0.377 e. The zero-order valence-electron chi connectivity index (χ0n) is 13.6. The molecule has 2 rings (SSSR count). The molecule has 0 spiro atoms. The maximum atomic E-state index is 6.27. The summed E-state index contributed by atoms with van der Waals surface area (Å²) in [6, 6.07) is 0. The van der Waals surface area contributed by atoms with Gasteiger partial charge in [-0.3, -0.25) is 4.90 Å². The highest BCUT2D eigenvalue weighted by molar-refractivity contribution is 4.95. The van der Waals surface area contributed by atoms with Crippen LogP contribution in [0.4, 0.5) is 0 Å². The molecule has 0 aromatic rings. The van der Waals surface area contributed by atoms with E-state index in [9.17, 15) is 0 Å². The Morgan fingerprint density at radius 3 is 2.85 bits per heavy atom. The van der Waals surface area contributed by atoms with Crippen molar-refractivity contribution in [1.29, 1.82) is 0 Å². The third-order valence-electron chi connectivity index (χ3n) is 5.47. The Labute approximate surface area is 125 Å². The fourth-order valence-electron chi connectivity index (χ4n) is 4.23. The van der Waals surface area contributed by atoms with E-state index in [1.807, 2.05) is 0 Å². The zero-order chi connectivity index (χ0) is 14.4. The Morgan fingerprint density at radius 1 is 1.25 bits per heavy atom. The summed E-state index contributed by atoms with van der Waals surface area (Å²) in [6.07, 6.45) is 11.0. The first-order chi connectivity index (χ1) is 9.70. The van der Waals surface area contributed by atoms with Crippen molar-refractivity contribution in [2.75, 3.05) is 26.2 Å². The van der Waals surface area contributed by atoms with Gasteiger partial charge in [-0.25, -0.2) is 0 Å². The van der Waals surface area contributed by atoms with E-state index in [1.165, 1.54) is 51.5 Å². The number of nitrogens with two attached hydrogens (primary N) is 1. The Balaban J connectivity index is 2.03. The molecule has 3 heteroatoms. The molecule has 3 nitrogen and oxygen atoms in total. The van der Waals surface area contributed by atoms with Gasteiger partial charge in [0.05, 0.1) is 6.10 Å². The van der Waals surface area contributed by atoms with E-state index in [4.69, 9.17) is 10.5 Å². The van der Waals surface area contributed by atoms with E-state index in [2.05, 4.69) is 18.7 Å². The van der Waals surface area contributed by atoms with Crippen LogP contribution in [0.5, 0.6) is 0 Å². The van der Waals surface area contributed by atoms with Gasteiger partial charge in [-0.2, -0.15) is 0 Å². The summed E-state index contributed by atoms with van der Waals surface area (Å²) in [7, 11) is 0. The van der Waals surface area contributed by atoms with Crippen molar-refractivity contribution in [3.05, 3.63) is 0 Å². The molecule has 2 aliphatic rings. The number of ether oxygens (including phenoxy) is 1. The molecule has 0 amide bonds. The minimum Gasteiger partial charge on any atom is -0.377 e. The second-order valence-corrected chi connectivity index (χ2v) is 7.00. The summed E-state index contributed by atoms with van der Waals surface area (Å²) in [5.41, 5.74) is 6.53. The molecule has 20 heavy (non-hydrogen) atoms. The maximum Gasteiger partial charge on any atom is 0.0674 e. The summed E-state index contributed by atoms with van der Waals surface area (Å²) < 4.78 is 5.82. The van der Waals surface area contributed by atoms with Crippen LogP contribution >= 0.6 is 0 Å². The summed E-state index contributed by atoms with van der Waals surface area (Å²) in [5.74, 6) is 0.939. The molecule has 1 heterocycles. The van der Waals surface area contributed by atoms with Gasteiger partial charge in [-0.15, -0.1) is 0 Å². The molecule has 0 bridgehead atoms. The molecule has 118 valence electrons. The lowest BCUT2D eigenvalue weighted by Crippen LogP contribution is -2.55. The molecular formula is C17H34N2O. The van der Waals surface area contributed by atoms with Gasteiger partial charge < -0.3 is 10.5 Å². The van der Waals surface area contributed by atoms with Crippen molar-refractivity contribution in [3.63, 3.8) is 0 Å². The van der Waals surface area contributed by atoms with Gasteiger partial charge in [-0.05, 0) is 38.5 Å². The van der Waals surface area contributed by atoms with E-state index in [-0.39, 0.29) is 5.54 Å². The van der Waals surface area contributed by atoms with Crippen LogP contribution in [0.3, 0.4) is 0 Å². The van der Waals surface area contributed by atoms with Gasteiger partial charge in [0.2, 0.25) is 0 Å². The maximum absolute atomic E-state index is 6.27. The van der Waals surface area contributed by atoms with Crippen molar-refractivity contribution in [2.24, 2.45) is 11.7 Å². The molecule has 1 aliphatic carbocycles. The molecule has 1 saturated carbocycles. The molecule has 0 aromatic carbocycles. The Morgan fingerprint density at radius 2 is 2.10 bits per heavy atom. The smallest absolute Gasteiger partial charge is 0.0674 e. The van der Waals surface area contributed by atoms with Gasteiger partial charge in [-0.1, -0.05) is 32.6 Å². The van der Waals surface area contributed by atoms with Gasteiger partial charge in [0, 0.05) is 31.8 Å². The van der Waals surface area contributed by atoms with E-state index in [0.29, 0.717) is 6.10 Å². The molecule has 2 N–H and O–H groups in total. The third kappa shape index (κ3) is 3.96. The number of hydrogen-bond acceptors (Lipinski definition) is 3. The monoisotopic (exact) mass is 282 g/mol. The van der Waals surface area contributed by atoms with E-state index >= 15 is 0 Å². The average molecular weight is 282 g/mol. The van der Waals surface area contributed by atoms with Crippen LogP contribution in [0.25, 0.3) is 0 Å². The number of rotatable bonds is 4. The van der Waals surface area contributed by atoms with Crippen LogP contribution in [0.1, 0.15) is 65.2 Å². The highest BCUT2D eigenvalue weighted by atomic mass is 16.5. The van der Waals surface area contributed by atoms with Gasteiger partial charge in [0.1, 0.15) is 0 Å². The van der Waals surface area contributed by atoms with Crippen molar-refractivity contribution >= 4 is 0 Å². The fourth-order valence-corrected chi connectivity index (χ4v) is 4.23. The van der Waals surface area contributed by atoms with Gasteiger partial charge >= 0.3 is 0 Å². The molecule has 2 fully saturated rings. The average Bonchev–Trinajstić information content (AvgIpc) is 2.78. The highest BCUT2D eigenvalue weighted by Crippen LogP contribution is 2.36. The molecule has 0 aromatic heterocycles. The van der Waals surface area contributed by atoms with E-state index < -0.39 is 0 Å². The summed E-state index contributed by atoms with van der Waals surface area (Å²) in [5, 5.41) is 0. The van der Waals surface area contributed by atoms with Crippen LogP contribution in [-0.4, -0.2) is 42.8 Å².